The molecule has 0 saturated carbocycles. The van der Waals surface area contributed by atoms with E-state index in [4.69, 9.17) is 8.37 Å². The third-order valence-corrected chi connectivity index (χ3v) is 2.48. The third kappa shape index (κ3) is 5.80. The molecule has 1 aromatic carbocycles. The maximum absolute atomic E-state index is 11.2. The summed E-state index contributed by atoms with van der Waals surface area (Å²) < 4.78 is 21.1. The van der Waals surface area contributed by atoms with Gasteiger partial charge in [-0.2, -0.15) is 4.21 Å². The van der Waals surface area contributed by atoms with E-state index in [1.165, 1.54) is 0 Å². The van der Waals surface area contributed by atoms with Crippen LogP contribution in [-0.4, -0.2) is 17.4 Å². The SMILES string of the molecule is C=C(C)COS(=O)OCCc1ccccc1. The summed E-state index contributed by atoms with van der Waals surface area (Å²) in [5.41, 5.74) is 1.97. The highest BCUT2D eigenvalue weighted by Gasteiger charge is 2.01. The van der Waals surface area contributed by atoms with Gasteiger partial charge >= 0.3 is 11.4 Å². The molecule has 0 aliphatic carbocycles. The highest BCUT2D eigenvalue weighted by Crippen LogP contribution is 2.01. The summed E-state index contributed by atoms with van der Waals surface area (Å²) in [5, 5.41) is 0. The minimum absolute atomic E-state index is 0.262. The van der Waals surface area contributed by atoms with Gasteiger partial charge < -0.3 is 0 Å². The maximum Gasteiger partial charge on any atom is 0.304 e. The van der Waals surface area contributed by atoms with Gasteiger partial charge in [-0.1, -0.05) is 42.5 Å². The van der Waals surface area contributed by atoms with Crippen molar-refractivity contribution in [2.45, 2.75) is 13.3 Å². The molecule has 1 unspecified atom stereocenters. The van der Waals surface area contributed by atoms with Gasteiger partial charge in [0, 0.05) is 0 Å². The van der Waals surface area contributed by atoms with E-state index < -0.39 is 11.4 Å². The molecule has 0 bridgehead atoms. The first-order valence-electron chi connectivity index (χ1n) is 5.05. The lowest BCUT2D eigenvalue weighted by atomic mass is 10.2. The van der Waals surface area contributed by atoms with Gasteiger partial charge in [0.05, 0.1) is 13.2 Å². The Labute approximate surface area is 99.0 Å². The van der Waals surface area contributed by atoms with Gasteiger partial charge in [-0.25, -0.2) is 0 Å². The van der Waals surface area contributed by atoms with Gasteiger partial charge in [-0.3, -0.25) is 8.37 Å². The lowest BCUT2D eigenvalue weighted by molar-refractivity contribution is 0.265. The van der Waals surface area contributed by atoms with Crippen LogP contribution in [0.1, 0.15) is 12.5 Å². The molecule has 0 heterocycles. The smallest absolute Gasteiger partial charge is 0.268 e. The number of rotatable bonds is 7. The van der Waals surface area contributed by atoms with Gasteiger partial charge in [-0.15, -0.1) is 0 Å². The zero-order chi connectivity index (χ0) is 11.8. The van der Waals surface area contributed by atoms with Crippen molar-refractivity contribution < 1.29 is 12.6 Å². The predicted molar refractivity (Wildman–Crippen MR) is 65.0 cm³/mol. The van der Waals surface area contributed by atoms with Crippen LogP contribution >= 0.6 is 0 Å². The van der Waals surface area contributed by atoms with Crippen molar-refractivity contribution in [1.29, 1.82) is 0 Å². The molecule has 88 valence electrons. The van der Waals surface area contributed by atoms with Crippen molar-refractivity contribution in [3.63, 3.8) is 0 Å². The van der Waals surface area contributed by atoms with Crippen molar-refractivity contribution in [3.8, 4) is 0 Å². The van der Waals surface area contributed by atoms with Crippen LogP contribution in [0.4, 0.5) is 0 Å². The predicted octanol–water partition coefficient (Wildman–Crippen LogP) is 2.42. The summed E-state index contributed by atoms with van der Waals surface area (Å²) in [5.74, 6) is 0. The Morgan fingerprint density at radius 3 is 2.62 bits per heavy atom. The van der Waals surface area contributed by atoms with E-state index in [1.807, 2.05) is 30.3 Å². The second kappa shape index (κ2) is 7.33. The quantitative estimate of drug-likeness (QED) is 0.687. The highest BCUT2D eigenvalue weighted by molar-refractivity contribution is 7.75. The van der Waals surface area contributed by atoms with Crippen LogP contribution in [0.15, 0.2) is 42.5 Å². The molecule has 0 fully saturated rings. The Hall–Kier alpha value is -0.970. The van der Waals surface area contributed by atoms with E-state index in [1.54, 1.807) is 6.92 Å². The first-order valence-corrected chi connectivity index (χ1v) is 6.05. The molecular weight excluding hydrogens is 224 g/mol. The van der Waals surface area contributed by atoms with E-state index >= 15 is 0 Å². The Morgan fingerprint density at radius 2 is 2.00 bits per heavy atom. The fourth-order valence-electron chi connectivity index (χ4n) is 1.05. The fraction of sp³-hybridized carbons (Fsp3) is 0.333. The Morgan fingerprint density at radius 1 is 1.31 bits per heavy atom. The molecule has 0 aliphatic rings. The molecule has 3 nitrogen and oxygen atoms in total. The zero-order valence-electron chi connectivity index (χ0n) is 9.35. The van der Waals surface area contributed by atoms with Gasteiger partial charge in [0.15, 0.2) is 0 Å². The summed E-state index contributed by atoms with van der Waals surface area (Å²) in [6, 6.07) is 9.88. The molecule has 0 aromatic heterocycles. The van der Waals surface area contributed by atoms with Gasteiger partial charge in [0.25, 0.3) is 0 Å². The van der Waals surface area contributed by atoms with E-state index in [-0.39, 0.29) is 6.61 Å². The third-order valence-electron chi connectivity index (χ3n) is 1.81. The largest absolute Gasteiger partial charge is 0.304 e. The minimum Gasteiger partial charge on any atom is -0.268 e. The van der Waals surface area contributed by atoms with Crippen molar-refractivity contribution in [2.75, 3.05) is 13.2 Å². The van der Waals surface area contributed by atoms with E-state index in [0.29, 0.717) is 6.61 Å². The van der Waals surface area contributed by atoms with Gasteiger partial charge in [0.2, 0.25) is 0 Å². The van der Waals surface area contributed by atoms with Crippen LogP contribution in [-0.2, 0) is 26.1 Å². The first kappa shape index (κ1) is 13.1. The molecule has 4 heteroatoms. The highest BCUT2D eigenvalue weighted by atomic mass is 32.2. The van der Waals surface area contributed by atoms with Crippen LogP contribution < -0.4 is 0 Å². The number of benzene rings is 1. The fourth-order valence-corrected chi connectivity index (χ4v) is 1.64. The summed E-state index contributed by atoms with van der Waals surface area (Å²) in [6.07, 6.45) is 0.725. The molecule has 1 aromatic rings. The van der Waals surface area contributed by atoms with Crippen molar-refractivity contribution in [1.82, 2.24) is 0 Å². The lowest BCUT2D eigenvalue weighted by Gasteiger charge is -2.03. The molecule has 1 rings (SSSR count). The van der Waals surface area contributed by atoms with E-state index in [0.717, 1.165) is 17.6 Å². The molecule has 16 heavy (non-hydrogen) atoms. The summed E-state index contributed by atoms with van der Waals surface area (Å²) >= 11 is -1.68. The van der Waals surface area contributed by atoms with E-state index in [9.17, 15) is 4.21 Å². The normalized spacial score (nSPS) is 12.3. The van der Waals surface area contributed by atoms with Crippen LogP contribution in [0.2, 0.25) is 0 Å². The maximum atomic E-state index is 11.2. The molecule has 0 N–H and O–H groups in total. The molecule has 0 amide bonds. The number of hydrogen-bond donors (Lipinski definition) is 0. The molecule has 0 saturated heterocycles. The second-order valence-electron chi connectivity index (χ2n) is 3.48. The molecule has 0 aliphatic heterocycles. The molecule has 0 radical (unpaired) electrons. The van der Waals surface area contributed by atoms with E-state index in [2.05, 4.69) is 6.58 Å². The second-order valence-corrected chi connectivity index (χ2v) is 4.36. The topological polar surface area (TPSA) is 35.5 Å². The molecular formula is C12H16O3S. The number of hydrogen-bond acceptors (Lipinski definition) is 3. The standard InChI is InChI=1S/C12H16O3S/c1-11(2)10-15-16(13)14-9-8-12-6-4-3-5-7-12/h3-7H,1,8-10H2,2H3. The Bertz CT molecular complexity index is 349. The molecule has 1 atom stereocenters. The van der Waals surface area contributed by atoms with Crippen LogP contribution in [0.3, 0.4) is 0 Å². The van der Waals surface area contributed by atoms with Crippen LogP contribution in [0, 0.1) is 0 Å². The Balaban J connectivity index is 2.16. The van der Waals surface area contributed by atoms with Gasteiger partial charge in [0.1, 0.15) is 0 Å². The lowest BCUT2D eigenvalue weighted by Crippen LogP contribution is -2.06. The van der Waals surface area contributed by atoms with Crippen molar-refractivity contribution >= 4 is 11.4 Å². The average Bonchev–Trinajstić information content (AvgIpc) is 2.28. The zero-order valence-corrected chi connectivity index (χ0v) is 10.2. The average molecular weight is 240 g/mol. The monoisotopic (exact) mass is 240 g/mol. The minimum atomic E-state index is -1.68. The summed E-state index contributed by atoms with van der Waals surface area (Å²) in [7, 11) is 0. The summed E-state index contributed by atoms with van der Waals surface area (Å²) in [6.45, 7) is 6.09. The Kier molecular flexibility index (Phi) is 6.00. The molecule has 0 spiro atoms. The van der Waals surface area contributed by atoms with Crippen LogP contribution in [0.25, 0.3) is 0 Å². The van der Waals surface area contributed by atoms with Gasteiger partial charge in [-0.05, 0) is 18.9 Å². The van der Waals surface area contributed by atoms with Crippen molar-refractivity contribution in [2.24, 2.45) is 0 Å². The first-order chi connectivity index (χ1) is 7.68. The van der Waals surface area contributed by atoms with Crippen LogP contribution in [0.5, 0.6) is 0 Å². The van der Waals surface area contributed by atoms with Crippen molar-refractivity contribution in [3.05, 3.63) is 48.0 Å². The summed E-state index contributed by atoms with van der Waals surface area (Å²) in [4.78, 5) is 0.